The summed E-state index contributed by atoms with van der Waals surface area (Å²) >= 11 is 0. The molecule has 152 valence electrons. The molecule has 0 amide bonds. The summed E-state index contributed by atoms with van der Waals surface area (Å²) in [4.78, 5) is 16.1. The molecule has 3 rings (SSSR count). The summed E-state index contributed by atoms with van der Waals surface area (Å²) in [6, 6.07) is 7.42. The van der Waals surface area contributed by atoms with Crippen molar-refractivity contribution in [2.75, 3.05) is 33.9 Å². The number of piperazine rings is 1. The van der Waals surface area contributed by atoms with Gasteiger partial charge < -0.3 is 14.8 Å². The van der Waals surface area contributed by atoms with Gasteiger partial charge in [0.25, 0.3) is 0 Å². The number of aromatic nitrogens is 1. The van der Waals surface area contributed by atoms with Crippen LogP contribution in [0.3, 0.4) is 0 Å². The molecule has 2 aromatic rings. The number of carbonyl (C=O) groups excluding carboxylic acids is 1. The van der Waals surface area contributed by atoms with E-state index in [4.69, 9.17) is 9.47 Å². The molecule has 1 aromatic heterocycles. The van der Waals surface area contributed by atoms with E-state index in [1.807, 2.05) is 6.07 Å². The molecule has 28 heavy (non-hydrogen) atoms. The Morgan fingerprint density at radius 3 is 2.71 bits per heavy atom. The smallest absolute Gasteiger partial charge is 0.341 e. The summed E-state index contributed by atoms with van der Waals surface area (Å²) in [7, 11) is -1.21. The minimum absolute atomic E-state index is 0. The maximum absolute atomic E-state index is 13.3. The summed E-state index contributed by atoms with van der Waals surface area (Å²) in [6.45, 7) is 1.32. The minimum Gasteiger partial charge on any atom is -0.496 e. The van der Waals surface area contributed by atoms with E-state index in [9.17, 15) is 13.2 Å². The van der Waals surface area contributed by atoms with Crippen molar-refractivity contribution >= 4 is 28.4 Å². The van der Waals surface area contributed by atoms with Crippen molar-refractivity contribution < 1.29 is 22.7 Å². The predicted molar refractivity (Wildman–Crippen MR) is 105 cm³/mol. The zero-order chi connectivity index (χ0) is 19.4. The zero-order valence-corrected chi connectivity index (χ0v) is 17.1. The van der Waals surface area contributed by atoms with Crippen molar-refractivity contribution in [1.29, 1.82) is 0 Å². The van der Waals surface area contributed by atoms with Crippen LogP contribution in [-0.4, -0.2) is 57.5 Å². The van der Waals surface area contributed by atoms with Gasteiger partial charge in [-0.3, -0.25) is 4.98 Å². The van der Waals surface area contributed by atoms with Gasteiger partial charge in [-0.2, -0.15) is 4.31 Å². The molecule has 0 bridgehead atoms. The Bertz CT molecular complexity index is 924. The Balaban J connectivity index is 0.00000280. The molecule has 1 fully saturated rings. The molecule has 1 aliphatic heterocycles. The number of nitrogens with one attached hydrogen (secondary N) is 1. The highest BCUT2D eigenvalue weighted by Gasteiger charge is 2.35. The SMILES string of the molecule is COC(=O)c1cc(S(=O)(=O)N2CCNCC2c2cccnc2)ccc1OC.Cl. The van der Waals surface area contributed by atoms with E-state index in [1.165, 1.54) is 36.7 Å². The van der Waals surface area contributed by atoms with Crippen molar-refractivity contribution in [1.82, 2.24) is 14.6 Å². The second-order valence-electron chi connectivity index (χ2n) is 5.98. The van der Waals surface area contributed by atoms with E-state index in [2.05, 4.69) is 10.3 Å². The number of esters is 1. The molecular weight excluding hydrogens is 406 g/mol. The van der Waals surface area contributed by atoms with Gasteiger partial charge in [-0.15, -0.1) is 12.4 Å². The molecular formula is C18H22ClN3O5S. The Kier molecular flexibility index (Phi) is 7.36. The number of ether oxygens (including phenoxy) is 2. The highest BCUT2D eigenvalue weighted by Crippen LogP contribution is 2.31. The minimum atomic E-state index is -3.85. The lowest BCUT2D eigenvalue weighted by Crippen LogP contribution is -2.48. The molecule has 0 spiro atoms. The number of benzene rings is 1. The fourth-order valence-corrected chi connectivity index (χ4v) is 4.72. The molecule has 8 nitrogen and oxygen atoms in total. The van der Waals surface area contributed by atoms with Crippen LogP contribution in [0.15, 0.2) is 47.6 Å². The normalized spacial score (nSPS) is 17.4. The van der Waals surface area contributed by atoms with Crippen molar-refractivity contribution in [2.24, 2.45) is 0 Å². The first-order valence-electron chi connectivity index (χ1n) is 8.38. The summed E-state index contributed by atoms with van der Waals surface area (Å²) in [5.74, 6) is -0.405. The Morgan fingerprint density at radius 2 is 2.07 bits per heavy atom. The number of methoxy groups -OCH3 is 2. The summed E-state index contributed by atoms with van der Waals surface area (Å²) in [5.41, 5.74) is 0.865. The fourth-order valence-electron chi connectivity index (χ4n) is 3.08. The lowest BCUT2D eigenvalue weighted by atomic mass is 10.1. The highest BCUT2D eigenvalue weighted by atomic mass is 35.5. The first kappa shape index (κ1) is 22.1. The number of halogens is 1. The molecule has 1 atom stereocenters. The summed E-state index contributed by atoms with van der Waals surface area (Å²) in [6.07, 6.45) is 3.30. The van der Waals surface area contributed by atoms with Gasteiger partial charge in [0.05, 0.1) is 25.2 Å². The van der Waals surface area contributed by atoms with Gasteiger partial charge in [-0.05, 0) is 29.8 Å². The predicted octanol–water partition coefficient (Wildman–Crippen LogP) is 1.63. The standard InChI is InChI=1S/C18H21N3O5S.ClH/c1-25-17-6-5-14(10-15(17)18(22)26-2)27(23,24)21-9-8-20-12-16(21)13-4-3-7-19-11-13;/h3-7,10-11,16,20H,8-9,12H2,1-2H3;1H. The van der Waals surface area contributed by atoms with E-state index in [1.54, 1.807) is 18.5 Å². The molecule has 0 aliphatic carbocycles. The monoisotopic (exact) mass is 427 g/mol. The Morgan fingerprint density at radius 1 is 1.29 bits per heavy atom. The number of rotatable bonds is 5. The fraction of sp³-hybridized carbons (Fsp3) is 0.333. The first-order valence-corrected chi connectivity index (χ1v) is 9.82. The van der Waals surface area contributed by atoms with Gasteiger partial charge >= 0.3 is 5.97 Å². The first-order chi connectivity index (χ1) is 13.0. The average Bonchev–Trinajstić information content (AvgIpc) is 2.73. The third kappa shape index (κ3) is 4.27. The van der Waals surface area contributed by atoms with Gasteiger partial charge in [0.15, 0.2) is 0 Å². The lowest BCUT2D eigenvalue weighted by Gasteiger charge is -2.35. The molecule has 0 saturated carbocycles. The van der Waals surface area contributed by atoms with Gasteiger partial charge in [0.2, 0.25) is 10.0 Å². The largest absolute Gasteiger partial charge is 0.496 e. The molecule has 0 radical (unpaired) electrons. The van der Waals surface area contributed by atoms with Crippen LogP contribution in [0, 0.1) is 0 Å². The molecule has 1 saturated heterocycles. The summed E-state index contributed by atoms with van der Waals surface area (Å²) < 4.78 is 38.0. The number of carbonyl (C=O) groups is 1. The molecule has 2 heterocycles. The van der Waals surface area contributed by atoms with Crippen molar-refractivity contribution in [3.63, 3.8) is 0 Å². The molecule has 1 aromatic carbocycles. The number of hydrogen-bond acceptors (Lipinski definition) is 7. The van der Waals surface area contributed by atoms with E-state index in [-0.39, 0.29) is 34.7 Å². The van der Waals surface area contributed by atoms with Gasteiger partial charge in [0.1, 0.15) is 11.3 Å². The van der Waals surface area contributed by atoms with Crippen LogP contribution in [0.5, 0.6) is 5.75 Å². The topological polar surface area (TPSA) is 97.8 Å². The number of sulfonamides is 1. The average molecular weight is 428 g/mol. The van der Waals surface area contributed by atoms with Crippen LogP contribution >= 0.6 is 12.4 Å². The van der Waals surface area contributed by atoms with Crippen LogP contribution < -0.4 is 10.1 Å². The van der Waals surface area contributed by atoms with Crippen LogP contribution in [0.4, 0.5) is 0 Å². The quantitative estimate of drug-likeness (QED) is 0.724. The van der Waals surface area contributed by atoms with Crippen LogP contribution in [0.2, 0.25) is 0 Å². The number of pyridine rings is 1. The van der Waals surface area contributed by atoms with E-state index in [0.29, 0.717) is 19.6 Å². The molecule has 1 aliphatic rings. The second kappa shape index (κ2) is 9.33. The van der Waals surface area contributed by atoms with Crippen LogP contribution in [0.25, 0.3) is 0 Å². The van der Waals surface area contributed by atoms with Crippen LogP contribution in [-0.2, 0) is 14.8 Å². The number of hydrogen-bond donors (Lipinski definition) is 1. The van der Waals surface area contributed by atoms with Gasteiger partial charge in [-0.25, -0.2) is 13.2 Å². The lowest BCUT2D eigenvalue weighted by molar-refractivity contribution is 0.0596. The van der Waals surface area contributed by atoms with E-state index >= 15 is 0 Å². The maximum atomic E-state index is 13.3. The van der Waals surface area contributed by atoms with Crippen LogP contribution in [0.1, 0.15) is 22.0 Å². The van der Waals surface area contributed by atoms with Crippen molar-refractivity contribution in [3.05, 3.63) is 53.9 Å². The van der Waals surface area contributed by atoms with Gasteiger partial charge in [0, 0.05) is 32.0 Å². The molecule has 1 unspecified atom stereocenters. The highest BCUT2D eigenvalue weighted by molar-refractivity contribution is 7.89. The van der Waals surface area contributed by atoms with Crippen molar-refractivity contribution in [3.8, 4) is 5.75 Å². The number of nitrogens with zero attached hydrogens (tertiary/aromatic N) is 2. The van der Waals surface area contributed by atoms with Gasteiger partial charge in [-0.1, -0.05) is 6.07 Å². The Hall–Kier alpha value is -2.20. The third-order valence-electron chi connectivity index (χ3n) is 4.45. The van der Waals surface area contributed by atoms with E-state index < -0.39 is 16.0 Å². The Labute approximate surface area is 170 Å². The maximum Gasteiger partial charge on any atom is 0.341 e. The van der Waals surface area contributed by atoms with E-state index in [0.717, 1.165) is 5.56 Å². The zero-order valence-electron chi connectivity index (χ0n) is 15.5. The summed E-state index contributed by atoms with van der Waals surface area (Å²) in [5, 5.41) is 3.22. The van der Waals surface area contributed by atoms with Crippen molar-refractivity contribution in [2.45, 2.75) is 10.9 Å². The third-order valence-corrected chi connectivity index (χ3v) is 6.35. The molecule has 1 N–H and O–H groups in total. The second-order valence-corrected chi connectivity index (χ2v) is 7.87. The molecule has 10 heteroatoms.